The second-order valence-corrected chi connectivity index (χ2v) is 9.06. The molecule has 1 spiro atoms. The molecule has 1 heterocycles. The Bertz CT molecular complexity index is 893. The first-order valence-electron chi connectivity index (χ1n) is 11.0. The number of aliphatic imine (C=N–C) groups is 2. The summed E-state index contributed by atoms with van der Waals surface area (Å²) in [5, 5.41) is 0. The van der Waals surface area contributed by atoms with Crippen molar-refractivity contribution in [3.05, 3.63) is 65.2 Å². The van der Waals surface area contributed by atoms with Gasteiger partial charge in [0.1, 0.15) is 12.3 Å². The first kappa shape index (κ1) is 19.9. The van der Waals surface area contributed by atoms with E-state index in [-0.39, 0.29) is 5.54 Å². The fraction of sp³-hybridized carbons (Fsp3) is 0.462. The monoisotopic (exact) mass is 388 g/mol. The Labute approximate surface area is 174 Å². The summed E-state index contributed by atoms with van der Waals surface area (Å²) in [5.74, 6) is 1.51. The van der Waals surface area contributed by atoms with Gasteiger partial charge in [-0.3, -0.25) is 0 Å². The number of nitrogens with zero attached hydrogens (tertiary/aromatic N) is 2. The van der Waals surface area contributed by atoms with Crippen molar-refractivity contribution < 1.29 is 4.74 Å². The maximum absolute atomic E-state index is 6.20. The molecule has 0 aromatic heterocycles. The van der Waals surface area contributed by atoms with Crippen molar-refractivity contribution in [2.75, 3.05) is 6.61 Å². The maximum atomic E-state index is 6.20. The third-order valence-corrected chi connectivity index (χ3v) is 6.17. The second kappa shape index (κ2) is 8.14. The average Bonchev–Trinajstić information content (AvgIpc) is 3.36. The van der Waals surface area contributed by atoms with Crippen LogP contribution >= 0.6 is 0 Å². The molecule has 1 aliphatic carbocycles. The molecule has 0 N–H and O–H groups in total. The minimum absolute atomic E-state index is 0.0245. The molecule has 0 amide bonds. The fourth-order valence-electron chi connectivity index (χ4n) is 4.48. The summed E-state index contributed by atoms with van der Waals surface area (Å²) >= 11 is 0. The Hall–Kier alpha value is -2.42. The van der Waals surface area contributed by atoms with Gasteiger partial charge in [-0.25, -0.2) is 9.98 Å². The molecular formula is C26H32N2O. The van der Waals surface area contributed by atoms with Gasteiger partial charge in [0.25, 0.3) is 0 Å². The molecule has 3 nitrogen and oxygen atoms in total. The summed E-state index contributed by atoms with van der Waals surface area (Å²) in [6.07, 6.45) is 4.73. The van der Waals surface area contributed by atoms with E-state index in [2.05, 4.69) is 70.2 Å². The zero-order valence-corrected chi connectivity index (χ0v) is 18.1. The predicted octanol–water partition coefficient (Wildman–Crippen LogP) is 6.80. The van der Waals surface area contributed by atoms with E-state index in [4.69, 9.17) is 14.7 Å². The van der Waals surface area contributed by atoms with Crippen molar-refractivity contribution in [1.82, 2.24) is 0 Å². The van der Waals surface area contributed by atoms with Gasteiger partial charge >= 0.3 is 0 Å². The highest BCUT2D eigenvalue weighted by molar-refractivity contribution is 6.46. The Morgan fingerprint density at radius 1 is 0.897 bits per heavy atom. The third-order valence-electron chi connectivity index (χ3n) is 6.17. The van der Waals surface area contributed by atoms with Crippen LogP contribution < -0.4 is 0 Å². The topological polar surface area (TPSA) is 34.0 Å². The van der Waals surface area contributed by atoms with E-state index >= 15 is 0 Å². The lowest BCUT2D eigenvalue weighted by atomic mass is 9.92. The third kappa shape index (κ3) is 4.01. The van der Waals surface area contributed by atoms with Crippen LogP contribution in [0.15, 0.2) is 58.5 Å². The Morgan fingerprint density at radius 3 is 2.10 bits per heavy atom. The van der Waals surface area contributed by atoms with E-state index in [9.17, 15) is 0 Å². The summed E-state index contributed by atoms with van der Waals surface area (Å²) in [4.78, 5) is 10.4. The van der Waals surface area contributed by atoms with Gasteiger partial charge in [-0.05, 0) is 35.8 Å². The first-order chi connectivity index (χ1) is 14.0. The highest BCUT2D eigenvalue weighted by Crippen LogP contribution is 2.39. The van der Waals surface area contributed by atoms with Gasteiger partial charge in [0.05, 0.1) is 11.2 Å². The molecule has 3 heteroatoms. The quantitative estimate of drug-likeness (QED) is 0.519. The SMILES string of the molecule is CC(C)c1cccc(C(C)C)c1/N=C(/C1=NC2(CCCC2)CO1)c1ccccc1. The Morgan fingerprint density at radius 2 is 1.52 bits per heavy atom. The van der Waals surface area contributed by atoms with Gasteiger partial charge in [-0.1, -0.05) is 89.1 Å². The molecule has 0 atom stereocenters. The molecule has 0 radical (unpaired) electrons. The van der Waals surface area contributed by atoms with Gasteiger partial charge in [-0.15, -0.1) is 0 Å². The molecule has 0 bridgehead atoms. The van der Waals surface area contributed by atoms with E-state index < -0.39 is 0 Å². The molecule has 2 aliphatic rings. The number of benzene rings is 2. The first-order valence-corrected chi connectivity index (χ1v) is 11.0. The zero-order chi connectivity index (χ0) is 20.4. The van der Waals surface area contributed by atoms with Crippen LogP contribution in [0.25, 0.3) is 0 Å². The molecular weight excluding hydrogens is 356 g/mol. The molecule has 1 aliphatic heterocycles. The largest absolute Gasteiger partial charge is 0.474 e. The lowest BCUT2D eigenvalue weighted by molar-refractivity contribution is 0.260. The highest BCUT2D eigenvalue weighted by Gasteiger charge is 2.40. The lowest BCUT2D eigenvalue weighted by Crippen LogP contribution is -2.22. The molecule has 29 heavy (non-hydrogen) atoms. The van der Waals surface area contributed by atoms with Gasteiger partial charge < -0.3 is 4.74 Å². The highest BCUT2D eigenvalue weighted by atomic mass is 16.5. The fourth-order valence-corrected chi connectivity index (χ4v) is 4.48. The summed E-state index contributed by atoms with van der Waals surface area (Å²) in [6.45, 7) is 9.63. The minimum Gasteiger partial charge on any atom is -0.474 e. The van der Waals surface area contributed by atoms with Crippen LogP contribution in [0.2, 0.25) is 0 Å². The molecule has 0 saturated heterocycles. The number of hydrogen-bond acceptors (Lipinski definition) is 3. The van der Waals surface area contributed by atoms with Gasteiger partial charge in [0, 0.05) is 5.56 Å². The standard InChI is InChI=1S/C26H32N2O/c1-18(2)21-13-10-14-22(19(3)4)24(21)27-23(20-11-6-5-7-12-20)25-28-26(17-29-25)15-8-9-16-26/h5-7,10-14,18-19H,8-9,15-17H2,1-4H3/b27-23+. The average molecular weight is 389 g/mol. The molecule has 1 fully saturated rings. The summed E-state index contributed by atoms with van der Waals surface area (Å²) < 4.78 is 6.20. The smallest absolute Gasteiger partial charge is 0.236 e. The van der Waals surface area contributed by atoms with Gasteiger partial charge in [0.15, 0.2) is 0 Å². The molecule has 4 rings (SSSR count). The van der Waals surface area contributed by atoms with E-state index in [0.29, 0.717) is 24.3 Å². The van der Waals surface area contributed by atoms with Gasteiger partial charge in [0.2, 0.25) is 5.90 Å². The van der Waals surface area contributed by atoms with E-state index in [0.717, 1.165) is 29.8 Å². The normalized spacial score (nSPS) is 18.6. The van der Waals surface area contributed by atoms with Crippen molar-refractivity contribution in [2.24, 2.45) is 9.98 Å². The van der Waals surface area contributed by atoms with Crippen molar-refractivity contribution in [2.45, 2.75) is 70.8 Å². The van der Waals surface area contributed by atoms with E-state index in [1.165, 1.54) is 24.0 Å². The van der Waals surface area contributed by atoms with Crippen molar-refractivity contribution in [3.63, 3.8) is 0 Å². The maximum Gasteiger partial charge on any atom is 0.236 e. The Balaban J connectivity index is 1.89. The van der Waals surface area contributed by atoms with Crippen LogP contribution in [0.3, 0.4) is 0 Å². The lowest BCUT2D eigenvalue weighted by Gasteiger charge is -2.18. The molecule has 2 aromatic carbocycles. The van der Waals surface area contributed by atoms with Crippen molar-refractivity contribution in [1.29, 1.82) is 0 Å². The Kier molecular flexibility index (Phi) is 5.58. The summed E-state index contributed by atoms with van der Waals surface area (Å²) in [7, 11) is 0. The van der Waals surface area contributed by atoms with E-state index in [1.54, 1.807) is 0 Å². The summed E-state index contributed by atoms with van der Waals surface area (Å²) in [6, 6.07) is 16.9. The van der Waals surface area contributed by atoms with Crippen LogP contribution in [0.4, 0.5) is 5.69 Å². The van der Waals surface area contributed by atoms with Crippen LogP contribution in [0.5, 0.6) is 0 Å². The second-order valence-electron chi connectivity index (χ2n) is 9.06. The number of hydrogen-bond donors (Lipinski definition) is 0. The molecule has 152 valence electrons. The van der Waals surface area contributed by atoms with Crippen LogP contribution in [-0.2, 0) is 4.74 Å². The van der Waals surface area contributed by atoms with Gasteiger partial charge in [-0.2, -0.15) is 0 Å². The number of rotatable bonds is 5. The van der Waals surface area contributed by atoms with Crippen LogP contribution in [0, 0.1) is 0 Å². The zero-order valence-electron chi connectivity index (χ0n) is 18.1. The number of ether oxygens (including phenoxy) is 1. The van der Waals surface area contributed by atoms with Crippen molar-refractivity contribution >= 4 is 17.3 Å². The number of para-hydroxylation sites is 1. The van der Waals surface area contributed by atoms with Crippen LogP contribution in [-0.4, -0.2) is 23.8 Å². The molecule has 1 saturated carbocycles. The minimum atomic E-state index is -0.0245. The molecule has 0 unspecified atom stereocenters. The van der Waals surface area contributed by atoms with Crippen molar-refractivity contribution in [3.8, 4) is 0 Å². The summed E-state index contributed by atoms with van der Waals surface area (Å²) in [5.41, 5.74) is 5.54. The predicted molar refractivity (Wildman–Crippen MR) is 122 cm³/mol. The van der Waals surface area contributed by atoms with E-state index in [1.807, 2.05) is 6.07 Å². The van der Waals surface area contributed by atoms with Crippen LogP contribution in [0.1, 0.15) is 81.9 Å². The molecule has 2 aromatic rings.